The van der Waals surface area contributed by atoms with Gasteiger partial charge in [0.1, 0.15) is 0 Å². The molecule has 0 aromatic carbocycles. The molecule has 0 saturated heterocycles. The third-order valence-corrected chi connectivity index (χ3v) is 6.63. The van der Waals surface area contributed by atoms with E-state index < -0.39 is 0 Å². The SMILES string of the molecule is N#CCCN(c1nc2ccnc(NC(=O)C3CC3)c2s1)C1CCC(C#N)CC1. The molecule has 28 heavy (non-hydrogen) atoms. The van der Waals surface area contributed by atoms with Gasteiger partial charge in [-0.3, -0.25) is 4.79 Å². The smallest absolute Gasteiger partial charge is 0.228 e. The van der Waals surface area contributed by atoms with Crippen LogP contribution in [0.5, 0.6) is 0 Å². The summed E-state index contributed by atoms with van der Waals surface area (Å²) in [5.74, 6) is 0.863. The van der Waals surface area contributed by atoms with Crippen molar-refractivity contribution < 1.29 is 4.79 Å². The molecule has 0 spiro atoms. The summed E-state index contributed by atoms with van der Waals surface area (Å²) in [6, 6.07) is 6.75. The van der Waals surface area contributed by atoms with Crippen LogP contribution in [0.4, 0.5) is 10.9 Å². The van der Waals surface area contributed by atoms with E-state index in [9.17, 15) is 4.79 Å². The van der Waals surface area contributed by atoms with Crippen LogP contribution in [0.15, 0.2) is 12.3 Å². The second-order valence-corrected chi connectivity index (χ2v) is 8.48. The average Bonchev–Trinajstić information content (AvgIpc) is 3.48. The van der Waals surface area contributed by atoms with Gasteiger partial charge in [0.25, 0.3) is 0 Å². The van der Waals surface area contributed by atoms with E-state index >= 15 is 0 Å². The van der Waals surface area contributed by atoms with Crippen LogP contribution in [-0.4, -0.2) is 28.5 Å². The lowest BCUT2D eigenvalue weighted by Gasteiger charge is -2.35. The van der Waals surface area contributed by atoms with Gasteiger partial charge in [-0.05, 0) is 44.6 Å². The molecule has 2 heterocycles. The summed E-state index contributed by atoms with van der Waals surface area (Å²) in [6.45, 7) is 0.620. The number of carbonyl (C=O) groups is 1. The number of carbonyl (C=O) groups excluding carboxylic acids is 1. The topological polar surface area (TPSA) is 106 Å². The molecule has 2 aromatic heterocycles. The Kier molecular flexibility index (Phi) is 5.40. The van der Waals surface area contributed by atoms with Crippen LogP contribution >= 0.6 is 11.3 Å². The van der Waals surface area contributed by atoms with Gasteiger partial charge < -0.3 is 10.2 Å². The largest absolute Gasteiger partial charge is 0.344 e. The molecular formula is C20H22N6OS. The summed E-state index contributed by atoms with van der Waals surface area (Å²) >= 11 is 1.52. The molecular weight excluding hydrogens is 372 g/mol. The predicted octanol–water partition coefficient (Wildman–Crippen LogP) is 3.84. The van der Waals surface area contributed by atoms with E-state index in [1.807, 2.05) is 6.07 Å². The van der Waals surface area contributed by atoms with Crippen LogP contribution < -0.4 is 10.2 Å². The molecule has 2 fully saturated rings. The van der Waals surface area contributed by atoms with Crippen molar-refractivity contribution in [3.63, 3.8) is 0 Å². The van der Waals surface area contributed by atoms with Gasteiger partial charge in [0.15, 0.2) is 10.9 Å². The molecule has 2 saturated carbocycles. The summed E-state index contributed by atoms with van der Waals surface area (Å²) < 4.78 is 0.874. The number of fused-ring (bicyclic) bond motifs is 1. The lowest BCUT2D eigenvalue weighted by molar-refractivity contribution is -0.117. The van der Waals surface area contributed by atoms with Gasteiger partial charge in [0.2, 0.25) is 5.91 Å². The van der Waals surface area contributed by atoms with Crippen molar-refractivity contribution in [3.05, 3.63) is 12.3 Å². The van der Waals surface area contributed by atoms with E-state index in [1.165, 1.54) is 11.3 Å². The van der Waals surface area contributed by atoms with E-state index in [1.54, 1.807) is 6.20 Å². The summed E-state index contributed by atoms with van der Waals surface area (Å²) in [4.78, 5) is 23.5. The fourth-order valence-electron chi connectivity index (χ4n) is 3.74. The Balaban J connectivity index is 1.60. The molecule has 4 rings (SSSR count). The van der Waals surface area contributed by atoms with Crippen molar-refractivity contribution in [1.82, 2.24) is 9.97 Å². The molecule has 0 unspecified atom stereocenters. The normalized spacial score (nSPS) is 21.6. The molecule has 144 valence electrons. The van der Waals surface area contributed by atoms with Crippen LogP contribution in [0, 0.1) is 34.5 Å². The second-order valence-electron chi connectivity index (χ2n) is 7.50. The minimum Gasteiger partial charge on any atom is -0.344 e. The third kappa shape index (κ3) is 3.93. The van der Waals surface area contributed by atoms with Crippen LogP contribution in [0.3, 0.4) is 0 Å². The van der Waals surface area contributed by atoms with Gasteiger partial charge >= 0.3 is 0 Å². The van der Waals surface area contributed by atoms with Crippen molar-refractivity contribution in [2.75, 3.05) is 16.8 Å². The second kappa shape index (κ2) is 8.12. The van der Waals surface area contributed by atoms with Crippen molar-refractivity contribution in [1.29, 1.82) is 10.5 Å². The van der Waals surface area contributed by atoms with E-state index in [2.05, 4.69) is 27.3 Å². The number of amides is 1. The maximum absolute atomic E-state index is 12.2. The Bertz CT molecular complexity index is 946. The lowest BCUT2D eigenvalue weighted by atomic mass is 9.86. The minimum absolute atomic E-state index is 0.0334. The minimum atomic E-state index is 0.0334. The van der Waals surface area contributed by atoms with Gasteiger partial charge in [0, 0.05) is 30.6 Å². The highest BCUT2D eigenvalue weighted by atomic mass is 32.1. The lowest BCUT2D eigenvalue weighted by Crippen LogP contribution is -2.38. The number of hydrogen-bond donors (Lipinski definition) is 1. The first-order valence-corrected chi connectivity index (χ1v) is 10.6. The average molecular weight is 395 g/mol. The first-order chi connectivity index (χ1) is 13.7. The van der Waals surface area contributed by atoms with Gasteiger partial charge in [-0.25, -0.2) is 9.97 Å². The maximum Gasteiger partial charge on any atom is 0.228 e. The molecule has 2 aliphatic carbocycles. The Morgan fingerprint density at radius 1 is 1.25 bits per heavy atom. The molecule has 0 aliphatic heterocycles. The first kappa shape index (κ1) is 18.6. The van der Waals surface area contributed by atoms with Crippen molar-refractivity contribution in [2.24, 2.45) is 11.8 Å². The number of pyridine rings is 1. The summed E-state index contributed by atoms with van der Waals surface area (Å²) in [5, 5.41) is 22.1. The highest BCUT2D eigenvalue weighted by Crippen LogP contribution is 2.38. The van der Waals surface area contributed by atoms with E-state index in [0.29, 0.717) is 18.8 Å². The Morgan fingerprint density at radius 3 is 2.71 bits per heavy atom. The molecule has 0 radical (unpaired) electrons. The number of nitrogens with one attached hydrogen (secondary N) is 1. The molecule has 7 nitrogen and oxygen atoms in total. The van der Waals surface area contributed by atoms with Crippen LogP contribution in [0.1, 0.15) is 44.9 Å². The van der Waals surface area contributed by atoms with E-state index in [4.69, 9.17) is 15.5 Å². The molecule has 2 aromatic rings. The highest BCUT2D eigenvalue weighted by molar-refractivity contribution is 7.22. The molecule has 0 bridgehead atoms. The Labute approximate surface area is 168 Å². The number of aromatic nitrogens is 2. The monoisotopic (exact) mass is 394 g/mol. The summed E-state index contributed by atoms with van der Waals surface area (Å²) in [5.41, 5.74) is 0.814. The molecule has 1 amide bonds. The zero-order valence-electron chi connectivity index (χ0n) is 15.6. The number of hydrogen-bond acceptors (Lipinski definition) is 7. The molecule has 2 aliphatic rings. The van der Waals surface area contributed by atoms with Gasteiger partial charge in [-0.15, -0.1) is 0 Å². The number of thiazole rings is 1. The van der Waals surface area contributed by atoms with Crippen molar-refractivity contribution in [3.8, 4) is 12.1 Å². The quantitative estimate of drug-likeness (QED) is 0.798. The van der Waals surface area contributed by atoms with Crippen molar-refractivity contribution >= 4 is 38.4 Å². The predicted molar refractivity (Wildman–Crippen MR) is 108 cm³/mol. The number of nitrogens with zero attached hydrogens (tertiary/aromatic N) is 5. The van der Waals surface area contributed by atoms with Crippen LogP contribution in [-0.2, 0) is 4.79 Å². The van der Waals surface area contributed by atoms with E-state index in [0.717, 1.165) is 53.9 Å². The maximum atomic E-state index is 12.2. The third-order valence-electron chi connectivity index (χ3n) is 5.51. The Hall–Kier alpha value is -2.71. The molecule has 0 atom stereocenters. The zero-order valence-corrected chi connectivity index (χ0v) is 16.4. The van der Waals surface area contributed by atoms with Crippen LogP contribution in [0.25, 0.3) is 10.2 Å². The molecule has 8 heteroatoms. The highest BCUT2D eigenvalue weighted by Gasteiger charge is 2.31. The summed E-state index contributed by atoms with van der Waals surface area (Å²) in [7, 11) is 0. The Morgan fingerprint density at radius 2 is 2.04 bits per heavy atom. The van der Waals surface area contributed by atoms with Crippen molar-refractivity contribution in [2.45, 2.75) is 51.0 Å². The first-order valence-electron chi connectivity index (χ1n) is 9.79. The number of rotatable bonds is 6. The zero-order chi connectivity index (χ0) is 19.5. The number of nitriles is 2. The van der Waals surface area contributed by atoms with Crippen LogP contribution in [0.2, 0.25) is 0 Å². The fraction of sp³-hybridized carbons (Fsp3) is 0.550. The van der Waals surface area contributed by atoms with Gasteiger partial charge in [-0.2, -0.15) is 10.5 Å². The van der Waals surface area contributed by atoms with E-state index in [-0.39, 0.29) is 23.8 Å². The summed E-state index contributed by atoms with van der Waals surface area (Å²) in [6.07, 6.45) is 7.64. The van der Waals surface area contributed by atoms with Gasteiger partial charge in [-0.1, -0.05) is 11.3 Å². The number of anilines is 2. The molecule has 1 N–H and O–H groups in total. The fourth-order valence-corrected chi connectivity index (χ4v) is 4.84. The van der Waals surface area contributed by atoms with Gasteiger partial charge in [0.05, 0.1) is 28.8 Å². The standard InChI is InChI=1S/C20H22N6OS/c21-9-1-11-26(15-6-2-13(12-22)3-7-15)20-24-16-8-10-23-18(17(16)28-20)25-19(27)14-4-5-14/h8,10,13-15H,1-7,11H2,(H,23,25,27).